The Hall–Kier alpha value is -3.56. The Morgan fingerprint density at radius 2 is 1.71 bits per heavy atom. The van der Waals surface area contributed by atoms with E-state index >= 15 is 0 Å². The van der Waals surface area contributed by atoms with Crippen molar-refractivity contribution < 1.29 is 41.4 Å². The van der Waals surface area contributed by atoms with Crippen molar-refractivity contribution in [2.75, 3.05) is 20.8 Å². The highest BCUT2D eigenvalue weighted by Gasteiger charge is 2.37. The van der Waals surface area contributed by atoms with Gasteiger partial charge in [-0.15, -0.1) is 0 Å². The van der Waals surface area contributed by atoms with Gasteiger partial charge in [-0.1, -0.05) is 12.2 Å². The van der Waals surface area contributed by atoms with Crippen LogP contribution in [0.3, 0.4) is 0 Å². The molecule has 3 atom stereocenters. The molecule has 0 bridgehead atoms. The maximum absolute atomic E-state index is 14.0. The van der Waals surface area contributed by atoms with Gasteiger partial charge < -0.3 is 19.5 Å². The topological polar surface area (TPSA) is 73.9 Å². The lowest BCUT2D eigenvalue weighted by atomic mass is 9.84. The van der Waals surface area contributed by atoms with Crippen molar-refractivity contribution in [3.8, 4) is 11.5 Å². The molecule has 3 rings (SSSR count). The summed E-state index contributed by atoms with van der Waals surface area (Å²) in [5.74, 6) is -9.26. The maximum Gasteiger partial charge on any atom is 0.314 e. The van der Waals surface area contributed by atoms with Crippen LogP contribution in [0.15, 0.2) is 36.4 Å². The summed E-state index contributed by atoms with van der Waals surface area (Å²) in [5, 5.41) is 2.34. The molecule has 0 aliphatic heterocycles. The Morgan fingerprint density at radius 1 is 1.03 bits per heavy atom. The third-order valence-corrected chi connectivity index (χ3v) is 5.51. The number of esters is 1. The van der Waals surface area contributed by atoms with Crippen LogP contribution in [0, 0.1) is 29.2 Å². The van der Waals surface area contributed by atoms with Crippen LogP contribution in [0.4, 0.5) is 17.6 Å². The fourth-order valence-electron chi connectivity index (χ4n) is 3.94. The summed E-state index contributed by atoms with van der Waals surface area (Å²) in [6.45, 7) is 1.79. The summed E-state index contributed by atoms with van der Waals surface area (Å²) in [5.41, 5.74) is -0.864. The molecular formula is C24H23F4NO5. The largest absolute Gasteiger partial charge is 0.497 e. The number of halogens is 4. The fourth-order valence-corrected chi connectivity index (χ4v) is 3.94. The first-order chi connectivity index (χ1) is 16.2. The normalized spacial score (nSPS) is 17.9. The number of carbonyl (C=O) groups is 2. The molecule has 0 unspecified atom stereocenters. The summed E-state index contributed by atoms with van der Waals surface area (Å²) >= 11 is 0. The Kier molecular flexibility index (Phi) is 7.80. The minimum Gasteiger partial charge on any atom is -0.497 e. The van der Waals surface area contributed by atoms with Crippen LogP contribution in [0.2, 0.25) is 0 Å². The molecule has 1 aliphatic carbocycles. The number of nitrogens with one attached hydrogen (secondary N) is 1. The molecular weight excluding hydrogens is 458 g/mol. The molecule has 6 nitrogen and oxygen atoms in total. The van der Waals surface area contributed by atoms with E-state index in [0.717, 1.165) is 0 Å². The number of amides is 1. The predicted molar refractivity (Wildman–Crippen MR) is 114 cm³/mol. The molecule has 182 valence electrons. The molecule has 0 saturated carbocycles. The lowest BCUT2D eigenvalue weighted by molar-refractivity contribution is -0.146. The lowest BCUT2D eigenvalue weighted by Crippen LogP contribution is -2.35. The summed E-state index contributed by atoms with van der Waals surface area (Å²) in [4.78, 5) is 25.3. The van der Waals surface area contributed by atoms with E-state index in [0.29, 0.717) is 17.1 Å². The summed E-state index contributed by atoms with van der Waals surface area (Å²) in [6, 6.07) is 4.21. The van der Waals surface area contributed by atoms with E-state index in [1.165, 1.54) is 20.3 Å². The number of methoxy groups -OCH3 is 2. The third-order valence-electron chi connectivity index (χ3n) is 5.51. The zero-order valence-corrected chi connectivity index (χ0v) is 18.7. The van der Waals surface area contributed by atoms with Crippen molar-refractivity contribution in [1.29, 1.82) is 0 Å². The Morgan fingerprint density at radius 3 is 2.29 bits per heavy atom. The summed E-state index contributed by atoms with van der Waals surface area (Å²) in [6.07, 6.45) is 3.34. The first-order valence-electron chi connectivity index (χ1n) is 10.4. The highest BCUT2D eigenvalue weighted by molar-refractivity contribution is 5.95. The molecule has 0 fully saturated rings. The second-order valence-corrected chi connectivity index (χ2v) is 7.55. The van der Waals surface area contributed by atoms with Crippen molar-refractivity contribution in [1.82, 2.24) is 5.32 Å². The van der Waals surface area contributed by atoms with E-state index in [2.05, 4.69) is 5.32 Å². The van der Waals surface area contributed by atoms with E-state index in [1.807, 2.05) is 0 Å². The Labute approximate surface area is 193 Å². The Bertz CT molecular complexity index is 1090. The van der Waals surface area contributed by atoms with Gasteiger partial charge in [0.2, 0.25) is 0 Å². The molecule has 0 heterocycles. The first kappa shape index (κ1) is 25.1. The Balaban J connectivity index is 1.86. The van der Waals surface area contributed by atoms with Gasteiger partial charge in [0.1, 0.15) is 17.1 Å². The number of rotatable bonds is 8. The number of ether oxygens (including phenoxy) is 3. The summed E-state index contributed by atoms with van der Waals surface area (Å²) < 4.78 is 70.9. The smallest absolute Gasteiger partial charge is 0.314 e. The monoisotopic (exact) mass is 481 g/mol. The molecule has 1 amide bonds. The van der Waals surface area contributed by atoms with Crippen LogP contribution < -0.4 is 14.8 Å². The average Bonchev–Trinajstić information content (AvgIpc) is 3.25. The van der Waals surface area contributed by atoms with E-state index < -0.39 is 58.6 Å². The third kappa shape index (κ3) is 5.00. The number of hydrogen-bond acceptors (Lipinski definition) is 5. The van der Waals surface area contributed by atoms with Crippen molar-refractivity contribution in [3.63, 3.8) is 0 Å². The molecule has 1 N–H and O–H groups in total. The van der Waals surface area contributed by atoms with Crippen LogP contribution >= 0.6 is 0 Å². The van der Waals surface area contributed by atoms with Crippen LogP contribution in [-0.4, -0.2) is 38.7 Å². The minimum atomic E-state index is -1.79. The molecule has 2 aromatic rings. The van der Waals surface area contributed by atoms with Crippen molar-refractivity contribution in [2.45, 2.75) is 25.3 Å². The van der Waals surface area contributed by atoms with Crippen LogP contribution in [0.1, 0.15) is 35.2 Å². The van der Waals surface area contributed by atoms with E-state index in [-0.39, 0.29) is 19.1 Å². The zero-order valence-electron chi connectivity index (χ0n) is 18.7. The van der Waals surface area contributed by atoms with Gasteiger partial charge >= 0.3 is 5.97 Å². The second-order valence-electron chi connectivity index (χ2n) is 7.55. The van der Waals surface area contributed by atoms with Gasteiger partial charge in [0.25, 0.3) is 5.91 Å². The molecule has 34 heavy (non-hydrogen) atoms. The molecule has 0 saturated heterocycles. The molecule has 0 aromatic heterocycles. The van der Waals surface area contributed by atoms with Crippen molar-refractivity contribution >= 4 is 11.9 Å². The first-order valence-corrected chi connectivity index (χ1v) is 10.4. The van der Waals surface area contributed by atoms with Gasteiger partial charge in [-0.05, 0) is 37.5 Å². The minimum absolute atomic E-state index is 0.0262. The van der Waals surface area contributed by atoms with Gasteiger partial charge in [-0.3, -0.25) is 9.59 Å². The van der Waals surface area contributed by atoms with Crippen LogP contribution in [-0.2, 0) is 9.53 Å². The molecule has 0 spiro atoms. The zero-order chi connectivity index (χ0) is 25.0. The molecule has 2 aromatic carbocycles. The van der Waals surface area contributed by atoms with Gasteiger partial charge in [-0.2, -0.15) is 0 Å². The SMILES string of the molecule is CCOC(=O)[C@H](c1cc(OC)ccc1OC)[C@H]1C=C[C@H](NC(=O)c2c(F)c(F)cc(F)c2F)C1. The number of hydrogen-bond donors (Lipinski definition) is 1. The van der Waals surface area contributed by atoms with E-state index in [9.17, 15) is 27.2 Å². The number of carbonyl (C=O) groups excluding carboxylic acids is 2. The number of benzene rings is 2. The van der Waals surface area contributed by atoms with E-state index in [1.54, 1.807) is 31.2 Å². The van der Waals surface area contributed by atoms with E-state index in [4.69, 9.17) is 14.2 Å². The average molecular weight is 481 g/mol. The highest BCUT2D eigenvalue weighted by Crippen LogP contribution is 2.40. The lowest BCUT2D eigenvalue weighted by Gasteiger charge is -2.24. The van der Waals surface area contributed by atoms with Crippen molar-refractivity contribution in [2.24, 2.45) is 5.92 Å². The van der Waals surface area contributed by atoms with Gasteiger partial charge in [0.05, 0.1) is 26.7 Å². The van der Waals surface area contributed by atoms with Crippen LogP contribution in [0.5, 0.6) is 11.5 Å². The standard InChI is InChI=1S/C24H23F4NO5/c1-4-34-24(31)19(15-10-14(32-2)7-8-18(15)33-3)12-5-6-13(9-12)29-23(30)20-21(27)16(25)11-17(26)22(20)28/h5-8,10-13,19H,4,9H2,1-3H3,(H,29,30)/t12-,13-,19-/m0/s1. The highest BCUT2D eigenvalue weighted by atomic mass is 19.2. The fraction of sp³-hybridized carbons (Fsp3) is 0.333. The predicted octanol–water partition coefficient (Wildman–Crippen LogP) is 4.28. The quantitative estimate of drug-likeness (QED) is 0.264. The van der Waals surface area contributed by atoms with Gasteiger partial charge in [0, 0.05) is 17.7 Å². The van der Waals surface area contributed by atoms with Crippen LogP contribution in [0.25, 0.3) is 0 Å². The molecule has 0 radical (unpaired) electrons. The van der Waals surface area contributed by atoms with Gasteiger partial charge in [0.15, 0.2) is 23.3 Å². The second kappa shape index (κ2) is 10.6. The molecule has 10 heteroatoms. The van der Waals surface area contributed by atoms with Gasteiger partial charge in [-0.25, -0.2) is 17.6 Å². The van der Waals surface area contributed by atoms with Crippen molar-refractivity contribution in [3.05, 3.63) is 70.8 Å². The maximum atomic E-state index is 14.0. The number of allylic oxidation sites excluding steroid dienone is 1. The summed E-state index contributed by atoms with van der Waals surface area (Å²) in [7, 11) is 2.92. The molecule has 1 aliphatic rings.